The lowest BCUT2D eigenvalue weighted by molar-refractivity contribution is 0.347. The maximum Gasteiger partial charge on any atom is 0.0622 e. The van der Waals surface area contributed by atoms with Crippen LogP contribution in [-0.4, -0.2) is 6.21 Å². The van der Waals surface area contributed by atoms with Gasteiger partial charge < -0.3 is 5.41 Å². The molecule has 0 aliphatic carbocycles. The van der Waals surface area contributed by atoms with E-state index in [4.69, 9.17) is 21.2 Å². The fraction of sp³-hybridized carbons (Fsp3) is 0.636. The van der Waals surface area contributed by atoms with Gasteiger partial charge in [0.2, 0.25) is 0 Å². The average Bonchev–Trinajstić information content (AvgIpc) is 2.29. The highest BCUT2D eigenvalue weighted by atomic mass is 14.4. The number of nitrogens with zero attached hydrogens (tertiary/aromatic N) is 3. The van der Waals surface area contributed by atoms with Gasteiger partial charge in [-0.3, -0.25) is 0 Å². The monoisotopic (exact) mass is 202 g/mol. The van der Waals surface area contributed by atoms with E-state index in [1.54, 1.807) is 0 Å². The van der Waals surface area contributed by atoms with Crippen LogP contribution in [0, 0.1) is 44.8 Å². The van der Waals surface area contributed by atoms with E-state index in [2.05, 4.69) is 0 Å². The van der Waals surface area contributed by atoms with Crippen molar-refractivity contribution in [2.24, 2.45) is 5.41 Å². The van der Waals surface area contributed by atoms with Gasteiger partial charge in [-0.1, -0.05) is 0 Å². The molecule has 78 valence electrons. The molecule has 0 bridgehead atoms. The fourth-order valence-electron chi connectivity index (χ4n) is 1.51. The highest BCUT2D eigenvalue weighted by Crippen LogP contribution is 2.32. The van der Waals surface area contributed by atoms with Crippen molar-refractivity contribution < 1.29 is 0 Å². The van der Waals surface area contributed by atoms with Crippen molar-refractivity contribution in [3.8, 4) is 18.2 Å². The van der Waals surface area contributed by atoms with Crippen molar-refractivity contribution in [3.63, 3.8) is 0 Å². The standard InChI is InChI=1S/C11H14N4/c12-7-1-4-11(10-15,5-2-8-13)6-3-9-14/h10,15H,1-6H2. The molecule has 15 heavy (non-hydrogen) atoms. The van der Waals surface area contributed by atoms with Crippen LogP contribution in [0.1, 0.15) is 38.5 Å². The van der Waals surface area contributed by atoms with Crippen molar-refractivity contribution in [1.29, 1.82) is 21.2 Å². The Bertz CT molecular complexity index is 267. The van der Waals surface area contributed by atoms with Crippen molar-refractivity contribution >= 4 is 6.21 Å². The molecule has 0 spiro atoms. The topological polar surface area (TPSA) is 95.2 Å². The number of rotatable bonds is 7. The molecule has 0 saturated carbocycles. The molecule has 0 amide bonds. The molecule has 4 heteroatoms. The predicted molar refractivity (Wildman–Crippen MR) is 55.8 cm³/mol. The van der Waals surface area contributed by atoms with Gasteiger partial charge in [0.15, 0.2) is 0 Å². The summed E-state index contributed by atoms with van der Waals surface area (Å²) < 4.78 is 0. The second kappa shape index (κ2) is 7.54. The van der Waals surface area contributed by atoms with E-state index in [-0.39, 0.29) is 0 Å². The minimum absolute atomic E-state index is 0.367. The first kappa shape index (κ1) is 13.1. The quantitative estimate of drug-likeness (QED) is 0.642. The first-order valence-corrected chi connectivity index (χ1v) is 4.87. The van der Waals surface area contributed by atoms with Crippen LogP contribution in [0.4, 0.5) is 0 Å². The third-order valence-corrected chi connectivity index (χ3v) is 2.51. The van der Waals surface area contributed by atoms with E-state index < -0.39 is 5.41 Å². The molecule has 4 nitrogen and oxygen atoms in total. The number of hydrogen-bond acceptors (Lipinski definition) is 4. The maximum absolute atomic E-state index is 8.52. The van der Waals surface area contributed by atoms with Gasteiger partial charge in [-0.05, 0) is 19.3 Å². The van der Waals surface area contributed by atoms with E-state index in [1.165, 1.54) is 6.21 Å². The number of hydrogen-bond donors (Lipinski definition) is 1. The molecule has 0 fully saturated rings. The highest BCUT2D eigenvalue weighted by molar-refractivity contribution is 5.62. The van der Waals surface area contributed by atoms with Crippen LogP contribution >= 0.6 is 0 Å². The highest BCUT2D eigenvalue weighted by Gasteiger charge is 2.26. The summed E-state index contributed by atoms with van der Waals surface area (Å²) in [5.74, 6) is 0. The molecule has 0 aliphatic rings. The van der Waals surface area contributed by atoms with E-state index in [9.17, 15) is 0 Å². The van der Waals surface area contributed by atoms with Gasteiger partial charge in [0.25, 0.3) is 0 Å². The Morgan fingerprint density at radius 2 is 1.20 bits per heavy atom. The third kappa shape index (κ3) is 4.79. The van der Waals surface area contributed by atoms with Crippen LogP contribution in [0.25, 0.3) is 0 Å². The Morgan fingerprint density at radius 3 is 1.40 bits per heavy atom. The Labute approximate surface area is 90.3 Å². The minimum atomic E-state index is -0.429. The van der Waals surface area contributed by atoms with Gasteiger partial charge >= 0.3 is 0 Å². The molecule has 0 aromatic rings. The lowest BCUT2D eigenvalue weighted by Gasteiger charge is -2.26. The minimum Gasteiger partial charge on any atom is -0.313 e. The molecule has 0 heterocycles. The average molecular weight is 202 g/mol. The summed E-state index contributed by atoms with van der Waals surface area (Å²) in [5, 5.41) is 33.0. The second-order valence-corrected chi connectivity index (χ2v) is 3.48. The van der Waals surface area contributed by atoms with Gasteiger partial charge in [0.05, 0.1) is 18.2 Å². The normalized spacial score (nSPS) is 9.67. The van der Waals surface area contributed by atoms with Crippen molar-refractivity contribution in [1.82, 2.24) is 0 Å². The molecule has 0 aliphatic heterocycles. The molecule has 1 N–H and O–H groups in total. The molecular weight excluding hydrogens is 188 g/mol. The van der Waals surface area contributed by atoms with Crippen LogP contribution in [0.2, 0.25) is 0 Å². The van der Waals surface area contributed by atoms with Crippen molar-refractivity contribution in [3.05, 3.63) is 0 Å². The number of nitriles is 3. The van der Waals surface area contributed by atoms with Gasteiger partial charge in [0, 0.05) is 30.9 Å². The smallest absolute Gasteiger partial charge is 0.0622 e. The summed E-state index contributed by atoms with van der Waals surface area (Å²) in [6.07, 6.45) is 4.10. The van der Waals surface area contributed by atoms with Gasteiger partial charge in [0.1, 0.15) is 0 Å². The Kier molecular flexibility index (Phi) is 6.60. The van der Waals surface area contributed by atoms with Gasteiger partial charge in [-0.2, -0.15) is 15.8 Å². The zero-order chi connectivity index (χ0) is 11.6. The maximum atomic E-state index is 8.52. The molecule has 0 aromatic carbocycles. The molecule has 0 saturated heterocycles. The molecule has 0 radical (unpaired) electrons. The fourth-order valence-corrected chi connectivity index (χ4v) is 1.51. The van der Waals surface area contributed by atoms with E-state index in [1.807, 2.05) is 18.2 Å². The van der Waals surface area contributed by atoms with Crippen LogP contribution in [0.5, 0.6) is 0 Å². The molecular formula is C11H14N4. The molecule has 0 unspecified atom stereocenters. The lowest BCUT2D eigenvalue weighted by Crippen LogP contribution is -2.22. The summed E-state index contributed by atoms with van der Waals surface area (Å²) in [5.41, 5.74) is -0.429. The van der Waals surface area contributed by atoms with Gasteiger partial charge in [-0.25, -0.2) is 0 Å². The first-order valence-electron chi connectivity index (χ1n) is 4.87. The van der Waals surface area contributed by atoms with Crippen LogP contribution < -0.4 is 0 Å². The Balaban J connectivity index is 4.47. The van der Waals surface area contributed by atoms with E-state index in [0.717, 1.165) is 0 Å². The summed E-state index contributed by atoms with van der Waals surface area (Å²) in [7, 11) is 0. The van der Waals surface area contributed by atoms with Crippen molar-refractivity contribution in [2.45, 2.75) is 38.5 Å². The zero-order valence-electron chi connectivity index (χ0n) is 8.66. The largest absolute Gasteiger partial charge is 0.313 e. The predicted octanol–water partition coefficient (Wildman–Crippen LogP) is 2.53. The van der Waals surface area contributed by atoms with Crippen LogP contribution in [-0.2, 0) is 0 Å². The lowest BCUT2D eigenvalue weighted by atomic mass is 9.77. The van der Waals surface area contributed by atoms with Gasteiger partial charge in [-0.15, -0.1) is 0 Å². The number of nitrogens with one attached hydrogen (secondary N) is 1. The SMILES string of the molecule is N#CCCC(C=N)(CCC#N)CCC#N. The first-order chi connectivity index (χ1) is 7.24. The molecule has 0 rings (SSSR count). The zero-order valence-corrected chi connectivity index (χ0v) is 8.66. The van der Waals surface area contributed by atoms with E-state index in [0.29, 0.717) is 38.5 Å². The summed E-state index contributed by atoms with van der Waals surface area (Å²) >= 11 is 0. The van der Waals surface area contributed by atoms with Crippen LogP contribution in [0.15, 0.2) is 0 Å². The van der Waals surface area contributed by atoms with Crippen LogP contribution in [0.3, 0.4) is 0 Å². The molecule has 0 atom stereocenters. The summed E-state index contributed by atoms with van der Waals surface area (Å²) in [6, 6.07) is 6.12. The van der Waals surface area contributed by atoms with E-state index >= 15 is 0 Å². The van der Waals surface area contributed by atoms with Crippen molar-refractivity contribution in [2.75, 3.05) is 0 Å². The summed E-state index contributed by atoms with van der Waals surface area (Å²) in [4.78, 5) is 0. The second-order valence-electron chi connectivity index (χ2n) is 3.48. The summed E-state index contributed by atoms with van der Waals surface area (Å²) in [6.45, 7) is 0. The Morgan fingerprint density at radius 1 is 0.867 bits per heavy atom. The third-order valence-electron chi connectivity index (χ3n) is 2.51. The molecule has 0 aromatic heterocycles. The Hall–Kier alpha value is -1.86.